The van der Waals surface area contributed by atoms with E-state index in [0.717, 1.165) is 5.56 Å². The predicted molar refractivity (Wildman–Crippen MR) is 54.9 cm³/mol. The molecule has 0 aliphatic heterocycles. The molecular formula is C11H9ClO2. The van der Waals surface area contributed by atoms with Crippen LogP contribution in [0, 0.1) is 11.8 Å². The largest absolute Gasteiger partial charge is 0.459 e. The van der Waals surface area contributed by atoms with E-state index in [9.17, 15) is 4.79 Å². The Balaban J connectivity index is 2.60. The Hall–Kier alpha value is -1.46. The summed E-state index contributed by atoms with van der Waals surface area (Å²) in [4.78, 5) is 10.6. The van der Waals surface area contributed by atoms with Crippen molar-refractivity contribution in [2.24, 2.45) is 0 Å². The Bertz CT molecular complexity index is 388. The Kier molecular flexibility index (Phi) is 4.03. The second-order valence-corrected chi connectivity index (χ2v) is 3.04. The van der Waals surface area contributed by atoms with Crippen LogP contribution in [0.5, 0.6) is 0 Å². The van der Waals surface area contributed by atoms with Gasteiger partial charge in [-0.25, -0.2) is 4.79 Å². The van der Waals surface area contributed by atoms with Gasteiger partial charge >= 0.3 is 5.97 Å². The summed E-state index contributed by atoms with van der Waals surface area (Å²) in [5.74, 6) is 4.52. The Labute approximate surface area is 87.8 Å². The molecule has 0 saturated heterocycles. The van der Waals surface area contributed by atoms with Crippen molar-refractivity contribution < 1.29 is 9.53 Å². The minimum Gasteiger partial charge on any atom is -0.459 e. The van der Waals surface area contributed by atoms with Crippen molar-refractivity contribution in [3.63, 3.8) is 0 Å². The van der Waals surface area contributed by atoms with Gasteiger partial charge in [-0.05, 0) is 17.7 Å². The summed E-state index contributed by atoms with van der Waals surface area (Å²) in [5.41, 5.74) is 0.980. The van der Waals surface area contributed by atoms with Crippen LogP contribution in [0.3, 0.4) is 0 Å². The number of ether oxygens (including phenoxy) is 1. The molecule has 1 aromatic carbocycles. The number of hydrogen-bond donors (Lipinski definition) is 0. The van der Waals surface area contributed by atoms with Gasteiger partial charge in [0.05, 0.1) is 7.11 Å². The van der Waals surface area contributed by atoms with E-state index < -0.39 is 5.97 Å². The molecule has 72 valence electrons. The highest BCUT2D eigenvalue weighted by Crippen LogP contribution is 2.10. The minimum absolute atomic E-state index is 0.496. The first kappa shape index (κ1) is 10.6. The molecule has 0 spiro atoms. The third-order valence-electron chi connectivity index (χ3n) is 1.56. The number of carbonyl (C=O) groups excluding carboxylic acids is 1. The standard InChI is InChI=1S/C11H9ClO2/c1-14-11(13)7-3-5-9-4-2-6-10(12)8-9/h2,4,6,8H,5H2,1H3. The summed E-state index contributed by atoms with van der Waals surface area (Å²) in [6.07, 6.45) is 0.496. The Morgan fingerprint density at radius 2 is 2.36 bits per heavy atom. The predicted octanol–water partition coefficient (Wildman–Crippen LogP) is 2.06. The second-order valence-electron chi connectivity index (χ2n) is 2.60. The number of methoxy groups -OCH3 is 1. The van der Waals surface area contributed by atoms with Crippen molar-refractivity contribution in [2.45, 2.75) is 6.42 Å². The fraction of sp³-hybridized carbons (Fsp3) is 0.182. The van der Waals surface area contributed by atoms with E-state index in [1.54, 1.807) is 6.07 Å². The van der Waals surface area contributed by atoms with Gasteiger partial charge in [-0.3, -0.25) is 0 Å². The molecule has 0 radical (unpaired) electrons. The molecule has 0 unspecified atom stereocenters. The molecule has 0 amide bonds. The maximum Gasteiger partial charge on any atom is 0.384 e. The van der Waals surface area contributed by atoms with Crippen molar-refractivity contribution >= 4 is 17.6 Å². The topological polar surface area (TPSA) is 26.3 Å². The van der Waals surface area contributed by atoms with Crippen LogP contribution in [0.2, 0.25) is 5.02 Å². The number of benzene rings is 1. The highest BCUT2D eigenvalue weighted by atomic mass is 35.5. The third kappa shape index (κ3) is 3.51. The first-order chi connectivity index (χ1) is 6.72. The maximum absolute atomic E-state index is 10.6. The lowest BCUT2D eigenvalue weighted by Crippen LogP contribution is -1.94. The zero-order chi connectivity index (χ0) is 10.4. The average molecular weight is 209 g/mol. The molecule has 0 heterocycles. The smallest absolute Gasteiger partial charge is 0.384 e. The quantitative estimate of drug-likeness (QED) is 0.401. The molecule has 0 N–H and O–H groups in total. The van der Waals surface area contributed by atoms with E-state index in [1.807, 2.05) is 18.2 Å². The van der Waals surface area contributed by atoms with Crippen LogP contribution in [-0.2, 0) is 16.0 Å². The van der Waals surface area contributed by atoms with Crippen molar-refractivity contribution in [2.75, 3.05) is 7.11 Å². The molecule has 0 bridgehead atoms. The van der Waals surface area contributed by atoms with Gasteiger partial charge in [0.15, 0.2) is 0 Å². The number of halogens is 1. The van der Waals surface area contributed by atoms with Crippen LogP contribution in [-0.4, -0.2) is 13.1 Å². The molecule has 14 heavy (non-hydrogen) atoms. The van der Waals surface area contributed by atoms with E-state index in [1.165, 1.54) is 7.11 Å². The van der Waals surface area contributed by atoms with Crippen LogP contribution < -0.4 is 0 Å². The lowest BCUT2D eigenvalue weighted by Gasteiger charge is -1.94. The summed E-state index contributed by atoms with van der Waals surface area (Å²) < 4.78 is 4.37. The van der Waals surface area contributed by atoms with E-state index in [2.05, 4.69) is 16.6 Å². The van der Waals surface area contributed by atoms with Gasteiger partial charge in [0.25, 0.3) is 0 Å². The van der Waals surface area contributed by atoms with Crippen molar-refractivity contribution in [1.82, 2.24) is 0 Å². The molecular weight excluding hydrogens is 200 g/mol. The van der Waals surface area contributed by atoms with Crippen LogP contribution in [0.15, 0.2) is 24.3 Å². The van der Waals surface area contributed by atoms with Crippen LogP contribution >= 0.6 is 11.6 Å². The fourth-order valence-corrected chi connectivity index (χ4v) is 1.13. The zero-order valence-corrected chi connectivity index (χ0v) is 8.47. The van der Waals surface area contributed by atoms with E-state index in [0.29, 0.717) is 11.4 Å². The lowest BCUT2D eigenvalue weighted by atomic mass is 10.2. The number of rotatable bonds is 1. The van der Waals surface area contributed by atoms with E-state index >= 15 is 0 Å². The molecule has 1 aromatic rings. The highest BCUT2D eigenvalue weighted by molar-refractivity contribution is 6.30. The number of carbonyl (C=O) groups is 1. The summed E-state index contributed by atoms with van der Waals surface area (Å²) in [6, 6.07) is 7.35. The SMILES string of the molecule is COC(=O)C#CCc1cccc(Cl)c1. The highest BCUT2D eigenvalue weighted by Gasteiger charge is 1.92. The molecule has 0 saturated carbocycles. The fourth-order valence-electron chi connectivity index (χ4n) is 0.916. The molecule has 1 rings (SSSR count). The van der Waals surface area contributed by atoms with Crippen molar-refractivity contribution in [3.8, 4) is 11.8 Å². The van der Waals surface area contributed by atoms with Gasteiger partial charge in [0.2, 0.25) is 0 Å². The lowest BCUT2D eigenvalue weighted by molar-refractivity contribution is -0.133. The van der Waals surface area contributed by atoms with Crippen LogP contribution in [0.4, 0.5) is 0 Å². The summed E-state index contributed by atoms with van der Waals surface area (Å²) >= 11 is 5.77. The summed E-state index contributed by atoms with van der Waals surface area (Å²) in [7, 11) is 1.30. The normalized spacial score (nSPS) is 8.71. The monoisotopic (exact) mass is 208 g/mol. The first-order valence-corrected chi connectivity index (χ1v) is 4.41. The molecule has 0 aliphatic rings. The third-order valence-corrected chi connectivity index (χ3v) is 1.79. The van der Waals surface area contributed by atoms with Gasteiger partial charge in [-0.2, -0.15) is 0 Å². The molecule has 2 nitrogen and oxygen atoms in total. The van der Waals surface area contributed by atoms with Crippen LogP contribution in [0.1, 0.15) is 5.56 Å². The molecule has 0 aliphatic carbocycles. The first-order valence-electron chi connectivity index (χ1n) is 4.03. The summed E-state index contributed by atoms with van der Waals surface area (Å²) in [6.45, 7) is 0. The maximum atomic E-state index is 10.6. The van der Waals surface area contributed by atoms with Crippen molar-refractivity contribution in [1.29, 1.82) is 0 Å². The van der Waals surface area contributed by atoms with Crippen LogP contribution in [0.25, 0.3) is 0 Å². The molecule has 3 heteroatoms. The minimum atomic E-state index is -0.521. The Morgan fingerprint density at radius 1 is 1.57 bits per heavy atom. The Morgan fingerprint density at radius 3 is 3.00 bits per heavy atom. The summed E-state index contributed by atoms with van der Waals surface area (Å²) in [5, 5.41) is 0.669. The number of esters is 1. The average Bonchev–Trinajstić information content (AvgIpc) is 2.17. The van der Waals surface area contributed by atoms with Gasteiger partial charge < -0.3 is 4.74 Å². The van der Waals surface area contributed by atoms with Gasteiger partial charge in [-0.1, -0.05) is 29.7 Å². The van der Waals surface area contributed by atoms with E-state index in [-0.39, 0.29) is 0 Å². The van der Waals surface area contributed by atoms with Gasteiger partial charge in [-0.15, -0.1) is 0 Å². The van der Waals surface area contributed by atoms with Gasteiger partial charge in [0.1, 0.15) is 0 Å². The van der Waals surface area contributed by atoms with E-state index in [4.69, 9.17) is 11.6 Å². The molecule has 0 atom stereocenters. The number of hydrogen-bond acceptors (Lipinski definition) is 2. The van der Waals surface area contributed by atoms with Gasteiger partial charge in [0, 0.05) is 17.4 Å². The zero-order valence-electron chi connectivity index (χ0n) is 7.71. The second kappa shape index (κ2) is 5.31. The molecule has 0 fully saturated rings. The molecule has 0 aromatic heterocycles. The van der Waals surface area contributed by atoms with Crippen molar-refractivity contribution in [3.05, 3.63) is 34.9 Å².